The highest BCUT2D eigenvalue weighted by atomic mass is 16.1. The Labute approximate surface area is 115 Å². The van der Waals surface area contributed by atoms with Gasteiger partial charge in [0.15, 0.2) is 0 Å². The Bertz CT molecular complexity index is 385. The van der Waals surface area contributed by atoms with Crippen LogP contribution in [0.15, 0.2) is 30.3 Å². The number of benzene rings is 1. The van der Waals surface area contributed by atoms with Gasteiger partial charge in [-0.1, -0.05) is 43.7 Å². The molecule has 0 aromatic heterocycles. The van der Waals surface area contributed by atoms with E-state index in [0.29, 0.717) is 0 Å². The van der Waals surface area contributed by atoms with Crippen LogP contribution < -0.4 is 10.6 Å². The van der Waals surface area contributed by atoms with Gasteiger partial charge in [0, 0.05) is 5.92 Å². The Morgan fingerprint density at radius 2 is 2.00 bits per heavy atom. The second-order valence-corrected chi connectivity index (χ2v) is 5.28. The van der Waals surface area contributed by atoms with E-state index in [1.54, 1.807) is 0 Å². The van der Waals surface area contributed by atoms with Crippen LogP contribution in [0.4, 0.5) is 0 Å². The van der Waals surface area contributed by atoms with Crippen LogP contribution in [-0.4, -0.2) is 19.0 Å². The van der Waals surface area contributed by atoms with Crippen LogP contribution >= 0.6 is 0 Å². The standard InChI is InChI=1S/C16H24N2O/c1-2-6-15(13-7-4-3-5-8-13)18-16(19)14-9-11-17-12-10-14/h3-5,7-8,14-15,17H,2,6,9-12H2,1H3,(H,18,19). The number of carbonyl (C=O) groups excluding carboxylic acids is 1. The molecular formula is C16H24N2O. The average Bonchev–Trinajstić information content (AvgIpc) is 2.48. The van der Waals surface area contributed by atoms with Gasteiger partial charge in [0.25, 0.3) is 0 Å². The van der Waals surface area contributed by atoms with Crippen LogP contribution in [0.1, 0.15) is 44.2 Å². The van der Waals surface area contributed by atoms with Gasteiger partial charge >= 0.3 is 0 Å². The van der Waals surface area contributed by atoms with E-state index in [2.05, 4.69) is 29.7 Å². The van der Waals surface area contributed by atoms with Gasteiger partial charge in [-0.15, -0.1) is 0 Å². The zero-order valence-electron chi connectivity index (χ0n) is 11.7. The number of amides is 1. The van der Waals surface area contributed by atoms with Crippen LogP contribution in [-0.2, 0) is 4.79 Å². The lowest BCUT2D eigenvalue weighted by Crippen LogP contribution is -2.39. The lowest BCUT2D eigenvalue weighted by Gasteiger charge is -2.25. The third-order valence-corrected chi connectivity index (χ3v) is 3.81. The van der Waals surface area contributed by atoms with Gasteiger partial charge in [-0.05, 0) is 37.9 Å². The molecule has 19 heavy (non-hydrogen) atoms. The molecule has 1 saturated heterocycles. The zero-order valence-corrected chi connectivity index (χ0v) is 11.7. The number of rotatable bonds is 5. The van der Waals surface area contributed by atoms with Crippen LogP contribution in [0.3, 0.4) is 0 Å². The van der Waals surface area contributed by atoms with Crippen LogP contribution in [0.25, 0.3) is 0 Å². The van der Waals surface area contributed by atoms with E-state index >= 15 is 0 Å². The van der Waals surface area contributed by atoms with Crippen molar-refractivity contribution in [1.29, 1.82) is 0 Å². The first-order valence-electron chi connectivity index (χ1n) is 7.37. The van der Waals surface area contributed by atoms with Gasteiger partial charge in [-0.3, -0.25) is 4.79 Å². The number of hydrogen-bond acceptors (Lipinski definition) is 2. The third kappa shape index (κ3) is 4.06. The van der Waals surface area contributed by atoms with Crippen molar-refractivity contribution in [3.63, 3.8) is 0 Å². The molecule has 1 unspecified atom stereocenters. The van der Waals surface area contributed by atoms with E-state index in [9.17, 15) is 4.79 Å². The minimum absolute atomic E-state index is 0.161. The van der Waals surface area contributed by atoms with Gasteiger partial charge in [-0.2, -0.15) is 0 Å². The molecule has 1 aromatic rings. The van der Waals surface area contributed by atoms with E-state index in [-0.39, 0.29) is 17.9 Å². The Morgan fingerprint density at radius 1 is 1.32 bits per heavy atom. The maximum Gasteiger partial charge on any atom is 0.223 e. The fourth-order valence-corrected chi connectivity index (χ4v) is 2.67. The molecule has 1 aliphatic rings. The van der Waals surface area contributed by atoms with Crippen molar-refractivity contribution < 1.29 is 4.79 Å². The van der Waals surface area contributed by atoms with Crippen molar-refractivity contribution in [1.82, 2.24) is 10.6 Å². The zero-order chi connectivity index (χ0) is 13.5. The minimum Gasteiger partial charge on any atom is -0.349 e. The molecule has 1 amide bonds. The van der Waals surface area contributed by atoms with Gasteiger partial charge in [-0.25, -0.2) is 0 Å². The van der Waals surface area contributed by atoms with Crippen LogP contribution in [0, 0.1) is 5.92 Å². The summed E-state index contributed by atoms with van der Waals surface area (Å²) in [5.41, 5.74) is 1.21. The Kier molecular flexibility index (Phi) is 5.40. The summed E-state index contributed by atoms with van der Waals surface area (Å²) in [7, 11) is 0. The molecule has 0 spiro atoms. The maximum absolute atomic E-state index is 12.3. The highest BCUT2D eigenvalue weighted by molar-refractivity contribution is 5.79. The molecule has 3 nitrogen and oxygen atoms in total. The fraction of sp³-hybridized carbons (Fsp3) is 0.562. The molecule has 0 bridgehead atoms. The predicted octanol–water partition coefficient (Wildman–Crippen LogP) is 2.64. The topological polar surface area (TPSA) is 41.1 Å². The summed E-state index contributed by atoms with van der Waals surface area (Å²) < 4.78 is 0. The highest BCUT2D eigenvalue weighted by Crippen LogP contribution is 2.20. The van der Waals surface area contributed by atoms with Crippen molar-refractivity contribution in [2.24, 2.45) is 5.92 Å². The average molecular weight is 260 g/mol. The second-order valence-electron chi connectivity index (χ2n) is 5.28. The van der Waals surface area contributed by atoms with Gasteiger partial charge in [0.1, 0.15) is 0 Å². The number of nitrogens with one attached hydrogen (secondary N) is 2. The van der Waals surface area contributed by atoms with E-state index in [1.807, 2.05) is 18.2 Å². The summed E-state index contributed by atoms with van der Waals surface area (Å²) in [6.07, 6.45) is 3.99. The Hall–Kier alpha value is -1.35. The molecule has 0 radical (unpaired) electrons. The lowest BCUT2D eigenvalue weighted by molar-refractivity contribution is -0.126. The summed E-state index contributed by atoms with van der Waals surface area (Å²) >= 11 is 0. The van der Waals surface area contributed by atoms with Gasteiger partial charge in [0.2, 0.25) is 5.91 Å². The minimum atomic E-state index is 0.161. The summed E-state index contributed by atoms with van der Waals surface area (Å²) in [5.74, 6) is 0.410. The van der Waals surface area contributed by atoms with Crippen molar-refractivity contribution >= 4 is 5.91 Å². The van der Waals surface area contributed by atoms with E-state index in [1.165, 1.54) is 5.56 Å². The lowest BCUT2D eigenvalue weighted by atomic mass is 9.95. The first kappa shape index (κ1) is 14.1. The van der Waals surface area contributed by atoms with Gasteiger partial charge < -0.3 is 10.6 Å². The van der Waals surface area contributed by atoms with Crippen molar-refractivity contribution in [3.05, 3.63) is 35.9 Å². The van der Waals surface area contributed by atoms with Crippen molar-refractivity contribution in [3.8, 4) is 0 Å². The highest BCUT2D eigenvalue weighted by Gasteiger charge is 2.23. The molecule has 1 atom stereocenters. The molecule has 2 rings (SSSR count). The summed E-state index contributed by atoms with van der Waals surface area (Å²) in [6, 6.07) is 10.4. The van der Waals surface area contributed by atoms with Crippen molar-refractivity contribution in [2.45, 2.75) is 38.6 Å². The largest absolute Gasteiger partial charge is 0.349 e. The summed E-state index contributed by atoms with van der Waals surface area (Å²) in [5, 5.41) is 6.54. The Morgan fingerprint density at radius 3 is 2.63 bits per heavy atom. The number of piperidine rings is 1. The van der Waals surface area contributed by atoms with E-state index in [0.717, 1.165) is 38.8 Å². The van der Waals surface area contributed by atoms with Crippen LogP contribution in [0.2, 0.25) is 0 Å². The first-order chi connectivity index (χ1) is 9.31. The summed E-state index contributed by atoms with van der Waals surface area (Å²) in [4.78, 5) is 12.3. The molecule has 3 heteroatoms. The smallest absolute Gasteiger partial charge is 0.223 e. The predicted molar refractivity (Wildman–Crippen MR) is 77.8 cm³/mol. The number of hydrogen-bond donors (Lipinski definition) is 2. The van der Waals surface area contributed by atoms with E-state index < -0.39 is 0 Å². The molecule has 104 valence electrons. The molecule has 1 heterocycles. The van der Waals surface area contributed by atoms with E-state index in [4.69, 9.17) is 0 Å². The van der Waals surface area contributed by atoms with Crippen LogP contribution in [0.5, 0.6) is 0 Å². The molecule has 1 aromatic carbocycles. The second kappa shape index (κ2) is 7.29. The third-order valence-electron chi connectivity index (χ3n) is 3.81. The number of carbonyl (C=O) groups is 1. The Balaban J connectivity index is 1.98. The molecule has 2 N–H and O–H groups in total. The molecular weight excluding hydrogens is 236 g/mol. The first-order valence-corrected chi connectivity index (χ1v) is 7.37. The quantitative estimate of drug-likeness (QED) is 0.854. The molecule has 1 fully saturated rings. The molecule has 1 aliphatic heterocycles. The molecule has 0 aliphatic carbocycles. The SMILES string of the molecule is CCCC(NC(=O)C1CCNCC1)c1ccccc1. The normalized spacial score (nSPS) is 17.9. The maximum atomic E-state index is 12.3. The monoisotopic (exact) mass is 260 g/mol. The fourth-order valence-electron chi connectivity index (χ4n) is 2.67. The molecule has 0 saturated carbocycles. The summed E-state index contributed by atoms with van der Waals surface area (Å²) in [6.45, 7) is 4.08. The van der Waals surface area contributed by atoms with Crippen molar-refractivity contribution in [2.75, 3.05) is 13.1 Å². The van der Waals surface area contributed by atoms with Gasteiger partial charge in [0.05, 0.1) is 6.04 Å².